The quantitative estimate of drug-likeness (QED) is 0.640. The average molecular weight is 422 g/mol. The Balaban J connectivity index is 1.40. The minimum Gasteiger partial charge on any atom is -0.379 e. The molecule has 31 heavy (non-hydrogen) atoms. The van der Waals surface area contributed by atoms with Crippen LogP contribution in [0.2, 0.25) is 0 Å². The zero-order valence-corrected chi connectivity index (χ0v) is 17.7. The lowest BCUT2D eigenvalue weighted by molar-refractivity contribution is -0.138. The lowest BCUT2D eigenvalue weighted by Gasteiger charge is -2.35. The van der Waals surface area contributed by atoms with Gasteiger partial charge in [0.25, 0.3) is 0 Å². The molecule has 0 bridgehead atoms. The van der Waals surface area contributed by atoms with Crippen LogP contribution in [-0.4, -0.2) is 46.5 Å². The summed E-state index contributed by atoms with van der Waals surface area (Å²) in [6.45, 7) is 2.27. The van der Waals surface area contributed by atoms with E-state index in [1.54, 1.807) is 12.1 Å². The van der Waals surface area contributed by atoms with Crippen LogP contribution in [0.5, 0.6) is 0 Å². The predicted molar refractivity (Wildman–Crippen MR) is 116 cm³/mol. The molecule has 2 fully saturated rings. The lowest BCUT2D eigenvalue weighted by Crippen LogP contribution is -2.48. The number of aromatic nitrogens is 2. The molecule has 0 radical (unpaired) electrons. The number of fused-ring (bicyclic) bond motifs is 1. The van der Waals surface area contributed by atoms with Gasteiger partial charge in [-0.1, -0.05) is 31.0 Å². The van der Waals surface area contributed by atoms with Crippen molar-refractivity contribution in [2.45, 2.75) is 37.5 Å². The minimum atomic E-state index is -0.750. The molecule has 2 aromatic heterocycles. The van der Waals surface area contributed by atoms with Gasteiger partial charge in [0.1, 0.15) is 5.82 Å². The van der Waals surface area contributed by atoms with Crippen molar-refractivity contribution in [1.82, 2.24) is 14.3 Å². The Morgan fingerprint density at radius 3 is 2.84 bits per heavy atom. The molecular weight excluding hydrogens is 393 g/mol. The Morgan fingerprint density at radius 1 is 1.16 bits per heavy atom. The fourth-order valence-corrected chi connectivity index (χ4v) is 5.38. The molecule has 1 unspecified atom stereocenters. The van der Waals surface area contributed by atoms with Crippen LogP contribution in [-0.2, 0) is 21.4 Å². The predicted octanol–water partition coefficient (Wildman–Crippen LogP) is 4.00. The standard InChI is InChI=1S/C25H28FN3O2/c26-21-7-2-1-6-20(21)25(9-3-4-10-25)24(30)29-14-15-31-18-19(17-29)16-22-23-8-5-12-28(23)13-11-27-22/h1-2,5-8,11-13,19H,3-4,9-10,14-18H2. The number of carbonyl (C=O) groups excluding carboxylic acids is 1. The molecule has 0 N–H and O–H groups in total. The second-order valence-electron chi connectivity index (χ2n) is 8.84. The third-order valence-electron chi connectivity index (χ3n) is 6.90. The summed E-state index contributed by atoms with van der Waals surface area (Å²) in [7, 11) is 0. The number of benzene rings is 1. The second kappa shape index (κ2) is 8.42. The summed E-state index contributed by atoms with van der Waals surface area (Å²) in [5, 5.41) is 0. The normalized spacial score (nSPS) is 21.3. The maximum Gasteiger partial charge on any atom is 0.233 e. The molecule has 5 rings (SSSR count). The summed E-state index contributed by atoms with van der Waals surface area (Å²) in [6.07, 6.45) is 9.83. The largest absolute Gasteiger partial charge is 0.379 e. The Bertz CT molecular complexity index is 1070. The first kappa shape index (κ1) is 20.2. The van der Waals surface area contributed by atoms with Crippen molar-refractivity contribution >= 4 is 11.4 Å². The Kier molecular flexibility index (Phi) is 5.48. The van der Waals surface area contributed by atoms with E-state index in [0.29, 0.717) is 44.7 Å². The topological polar surface area (TPSA) is 46.8 Å². The highest BCUT2D eigenvalue weighted by Gasteiger charge is 2.46. The zero-order valence-electron chi connectivity index (χ0n) is 17.7. The molecule has 0 spiro atoms. The number of halogens is 1. The van der Waals surface area contributed by atoms with E-state index in [0.717, 1.165) is 30.5 Å². The first-order valence-electron chi connectivity index (χ1n) is 11.2. The molecule has 1 atom stereocenters. The number of nitrogens with zero attached hydrogens (tertiary/aromatic N) is 3. The van der Waals surface area contributed by atoms with Gasteiger partial charge in [-0.05, 0) is 37.5 Å². The summed E-state index contributed by atoms with van der Waals surface area (Å²) < 4.78 is 22.7. The van der Waals surface area contributed by atoms with Crippen LogP contribution in [0.1, 0.15) is 36.9 Å². The molecule has 1 aliphatic heterocycles. The smallest absolute Gasteiger partial charge is 0.233 e. The van der Waals surface area contributed by atoms with Crippen molar-refractivity contribution in [3.8, 4) is 0 Å². The molecule has 2 aliphatic rings. The molecule has 6 heteroatoms. The second-order valence-corrected chi connectivity index (χ2v) is 8.84. The number of carbonyl (C=O) groups is 1. The number of amides is 1. The fourth-order valence-electron chi connectivity index (χ4n) is 5.38. The monoisotopic (exact) mass is 421 g/mol. The molecule has 1 saturated heterocycles. The third kappa shape index (κ3) is 3.74. The van der Waals surface area contributed by atoms with Crippen LogP contribution in [0.4, 0.5) is 4.39 Å². The van der Waals surface area contributed by atoms with E-state index in [4.69, 9.17) is 4.74 Å². The van der Waals surface area contributed by atoms with Crippen LogP contribution in [0.3, 0.4) is 0 Å². The minimum absolute atomic E-state index is 0.0550. The number of ether oxygens (including phenoxy) is 1. The highest BCUT2D eigenvalue weighted by molar-refractivity contribution is 5.88. The van der Waals surface area contributed by atoms with Crippen LogP contribution in [0.15, 0.2) is 55.0 Å². The van der Waals surface area contributed by atoms with Crippen LogP contribution in [0.25, 0.3) is 5.52 Å². The van der Waals surface area contributed by atoms with E-state index in [1.807, 2.05) is 35.6 Å². The molecule has 1 aliphatic carbocycles. The highest BCUT2D eigenvalue weighted by atomic mass is 19.1. The van der Waals surface area contributed by atoms with Crippen molar-refractivity contribution in [3.63, 3.8) is 0 Å². The van der Waals surface area contributed by atoms with Gasteiger partial charge in [0.2, 0.25) is 5.91 Å². The molecule has 1 saturated carbocycles. The van der Waals surface area contributed by atoms with Crippen molar-refractivity contribution in [1.29, 1.82) is 0 Å². The Morgan fingerprint density at radius 2 is 2.00 bits per heavy atom. The molecular formula is C25H28FN3O2. The van der Waals surface area contributed by atoms with Crippen LogP contribution in [0, 0.1) is 11.7 Å². The number of hydrogen-bond donors (Lipinski definition) is 0. The van der Waals surface area contributed by atoms with Gasteiger partial charge in [0, 0.05) is 43.2 Å². The van der Waals surface area contributed by atoms with E-state index in [2.05, 4.69) is 15.5 Å². The van der Waals surface area contributed by atoms with Gasteiger partial charge >= 0.3 is 0 Å². The molecule has 3 aromatic rings. The summed E-state index contributed by atoms with van der Waals surface area (Å²) in [5.41, 5.74) is 1.90. The lowest BCUT2D eigenvalue weighted by atomic mass is 9.77. The Hall–Kier alpha value is -2.73. The molecule has 5 nitrogen and oxygen atoms in total. The van der Waals surface area contributed by atoms with Crippen molar-refractivity contribution in [2.75, 3.05) is 26.3 Å². The van der Waals surface area contributed by atoms with Gasteiger partial charge in [-0.15, -0.1) is 0 Å². The number of rotatable bonds is 4. The van der Waals surface area contributed by atoms with Crippen molar-refractivity contribution < 1.29 is 13.9 Å². The molecule has 162 valence electrons. The van der Waals surface area contributed by atoms with Gasteiger partial charge < -0.3 is 14.0 Å². The molecule has 1 aromatic carbocycles. The summed E-state index contributed by atoms with van der Waals surface area (Å²) in [4.78, 5) is 20.4. The van der Waals surface area contributed by atoms with Crippen LogP contribution >= 0.6 is 0 Å². The van der Waals surface area contributed by atoms with Gasteiger partial charge in [0.05, 0.1) is 29.8 Å². The van der Waals surface area contributed by atoms with Crippen LogP contribution < -0.4 is 0 Å². The van der Waals surface area contributed by atoms with Crippen molar-refractivity contribution in [3.05, 3.63) is 72.1 Å². The summed E-state index contributed by atoms with van der Waals surface area (Å²) in [5.74, 6) is -0.0666. The first-order valence-corrected chi connectivity index (χ1v) is 11.2. The third-order valence-corrected chi connectivity index (χ3v) is 6.90. The van der Waals surface area contributed by atoms with E-state index >= 15 is 0 Å². The first-order chi connectivity index (χ1) is 15.2. The number of hydrogen-bond acceptors (Lipinski definition) is 3. The van der Waals surface area contributed by atoms with Gasteiger partial charge in [0.15, 0.2) is 0 Å². The highest BCUT2D eigenvalue weighted by Crippen LogP contribution is 2.44. The maximum absolute atomic E-state index is 14.8. The molecule has 3 heterocycles. The summed E-state index contributed by atoms with van der Waals surface area (Å²) >= 11 is 0. The van der Waals surface area contributed by atoms with E-state index in [-0.39, 0.29) is 17.6 Å². The average Bonchev–Trinajstić information content (AvgIpc) is 3.41. The maximum atomic E-state index is 14.8. The van der Waals surface area contributed by atoms with E-state index in [1.165, 1.54) is 6.07 Å². The van der Waals surface area contributed by atoms with Gasteiger partial charge in [-0.3, -0.25) is 9.78 Å². The van der Waals surface area contributed by atoms with Gasteiger partial charge in [-0.25, -0.2) is 4.39 Å². The van der Waals surface area contributed by atoms with Gasteiger partial charge in [-0.2, -0.15) is 0 Å². The summed E-state index contributed by atoms with van der Waals surface area (Å²) in [6, 6.07) is 10.9. The van der Waals surface area contributed by atoms with E-state index in [9.17, 15) is 9.18 Å². The zero-order chi connectivity index (χ0) is 21.3. The molecule has 1 amide bonds. The fraction of sp³-hybridized carbons (Fsp3) is 0.440. The SMILES string of the molecule is O=C(N1CCOCC(Cc2nccn3cccc23)C1)C1(c2ccccc2F)CCCC1. The Labute approximate surface area is 181 Å². The van der Waals surface area contributed by atoms with E-state index < -0.39 is 5.41 Å². The van der Waals surface area contributed by atoms with Crippen molar-refractivity contribution in [2.24, 2.45) is 5.92 Å².